The van der Waals surface area contributed by atoms with Crippen LogP contribution in [0.4, 0.5) is 5.69 Å². The summed E-state index contributed by atoms with van der Waals surface area (Å²) < 4.78 is -1.24. The normalized spacial score (nSPS) is 28.5. The molecule has 3 amide bonds. The van der Waals surface area contributed by atoms with Crippen LogP contribution in [-0.2, 0) is 14.4 Å². The van der Waals surface area contributed by atoms with Crippen LogP contribution in [-0.4, -0.2) is 80.4 Å². The fourth-order valence-electron chi connectivity index (χ4n) is 8.05. The minimum absolute atomic E-state index is 0.0312. The highest BCUT2D eigenvalue weighted by molar-refractivity contribution is 8.02. The smallest absolute Gasteiger partial charge is 0.251 e. The molecule has 8 heteroatoms. The lowest BCUT2D eigenvalue weighted by Gasteiger charge is -2.41. The van der Waals surface area contributed by atoms with Crippen molar-refractivity contribution in [2.75, 3.05) is 31.1 Å². The molecule has 0 saturated carbocycles. The third-order valence-electron chi connectivity index (χ3n) is 10.3. The lowest BCUT2D eigenvalue weighted by molar-refractivity contribution is -0.147. The van der Waals surface area contributed by atoms with Crippen molar-refractivity contribution in [3.8, 4) is 0 Å². The van der Waals surface area contributed by atoms with Gasteiger partial charge in [-0.3, -0.25) is 14.4 Å². The Labute approximate surface area is 266 Å². The standard InChI is InChI=1S/C36H47N3O4S/c1-7-19-37(20-8-2)32(41)29-30-33(42)39(28(23-40)24(5)10-4)31(36(30)18-17-35(29,6)44-36)34(43)38(21-9-3)27-16-15-25-13-11-12-14-26(25)22-27/h7,9,11-16,22,24,28-31,40H,1,3,8,10,17-21,23H2,2,4-6H3/t24-,28-,29-,30-,31?,35+,36?/m0/s1. The van der Waals surface area contributed by atoms with E-state index in [9.17, 15) is 14.7 Å². The van der Waals surface area contributed by atoms with Gasteiger partial charge in [-0.15, -0.1) is 24.9 Å². The van der Waals surface area contributed by atoms with Gasteiger partial charge in [-0.05, 0) is 55.0 Å². The van der Waals surface area contributed by atoms with Crippen molar-refractivity contribution in [1.82, 2.24) is 9.80 Å². The number of rotatable bonds is 13. The number of anilines is 1. The molecule has 3 saturated heterocycles. The Bertz CT molecular complexity index is 1450. The maximum Gasteiger partial charge on any atom is 0.251 e. The van der Waals surface area contributed by atoms with Crippen molar-refractivity contribution in [2.45, 2.75) is 75.0 Å². The molecule has 0 radical (unpaired) electrons. The summed E-state index contributed by atoms with van der Waals surface area (Å²) >= 11 is 1.68. The molecule has 3 heterocycles. The predicted octanol–water partition coefficient (Wildman–Crippen LogP) is 5.67. The first-order chi connectivity index (χ1) is 21.1. The molecular weight excluding hydrogens is 570 g/mol. The average Bonchev–Trinajstić information content (AvgIpc) is 3.59. The molecule has 2 bridgehead atoms. The molecule has 44 heavy (non-hydrogen) atoms. The van der Waals surface area contributed by atoms with Gasteiger partial charge < -0.3 is 19.8 Å². The Morgan fingerprint density at radius 3 is 2.43 bits per heavy atom. The monoisotopic (exact) mass is 617 g/mol. The highest BCUT2D eigenvalue weighted by Gasteiger charge is 2.78. The van der Waals surface area contributed by atoms with Crippen LogP contribution in [0.15, 0.2) is 67.8 Å². The van der Waals surface area contributed by atoms with E-state index in [1.165, 1.54) is 0 Å². The summed E-state index contributed by atoms with van der Waals surface area (Å²) in [6, 6.07) is 12.6. The summed E-state index contributed by atoms with van der Waals surface area (Å²) in [4.78, 5) is 49.5. The Morgan fingerprint density at radius 2 is 1.80 bits per heavy atom. The second-order valence-electron chi connectivity index (χ2n) is 13.0. The molecule has 1 N–H and O–H groups in total. The van der Waals surface area contributed by atoms with E-state index < -0.39 is 33.4 Å². The fraction of sp³-hybridized carbons (Fsp3) is 0.528. The second-order valence-corrected chi connectivity index (χ2v) is 14.8. The number of hydrogen-bond donors (Lipinski definition) is 1. The second kappa shape index (κ2) is 12.7. The summed E-state index contributed by atoms with van der Waals surface area (Å²) in [6.07, 6.45) is 6.40. The van der Waals surface area contributed by atoms with Gasteiger partial charge in [0.15, 0.2) is 0 Å². The van der Waals surface area contributed by atoms with Gasteiger partial charge in [0.05, 0.1) is 29.2 Å². The summed E-state index contributed by atoms with van der Waals surface area (Å²) in [5.41, 5.74) is 0.737. The van der Waals surface area contributed by atoms with Gasteiger partial charge in [0.2, 0.25) is 11.8 Å². The van der Waals surface area contributed by atoms with E-state index in [0.29, 0.717) is 19.5 Å². The van der Waals surface area contributed by atoms with Crippen molar-refractivity contribution < 1.29 is 19.5 Å². The van der Waals surface area contributed by atoms with E-state index in [1.807, 2.05) is 68.1 Å². The fourth-order valence-corrected chi connectivity index (χ4v) is 10.4. The van der Waals surface area contributed by atoms with Crippen molar-refractivity contribution in [1.29, 1.82) is 0 Å². The van der Waals surface area contributed by atoms with E-state index in [4.69, 9.17) is 0 Å². The van der Waals surface area contributed by atoms with Gasteiger partial charge in [0.1, 0.15) is 6.04 Å². The number of nitrogens with zero attached hydrogens (tertiary/aromatic N) is 3. The highest BCUT2D eigenvalue weighted by atomic mass is 32.2. The van der Waals surface area contributed by atoms with Gasteiger partial charge in [-0.2, -0.15) is 0 Å². The average molecular weight is 618 g/mol. The minimum Gasteiger partial charge on any atom is -0.394 e. The SMILES string of the molecule is C=CCN(CCC)C(=O)[C@@H]1[C@H]2C(=O)N([C@@H](CO)[C@@H](C)CC)C(C(=O)N(CC=C)c3ccc4ccccc4c3)C23CC[C@@]1(C)S3. The first-order valence-corrected chi connectivity index (χ1v) is 16.9. The zero-order valence-corrected chi connectivity index (χ0v) is 27.4. The van der Waals surface area contributed by atoms with Crippen LogP contribution in [0.2, 0.25) is 0 Å². The number of hydrogen-bond acceptors (Lipinski definition) is 5. The molecule has 5 rings (SSSR count). The van der Waals surface area contributed by atoms with E-state index in [0.717, 1.165) is 35.7 Å². The van der Waals surface area contributed by atoms with E-state index in [2.05, 4.69) is 20.1 Å². The Kier molecular flexibility index (Phi) is 9.34. The van der Waals surface area contributed by atoms with Gasteiger partial charge in [0.25, 0.3) is 5.91 Å². The zero-order valence-electron chi connectivity index (χ0n) is 26.6. The molecule has 236 valence electrons. The van der Waals surface area contributed by atoms with Crippen molar-refractivity contribution >= 4 is 45.9 Å². The molecule has 2 aromatic rings. The third kappa shape index (κ3) is 5.08. The molecule has 3 fully saturated rings. The summed E-state index contributed by atoms with van der Waals surface area (Å²) in [7, 11) is 0. The maximum absolute atomic E-state index is 15.1. The largest absolute Gasteiger partial charge is 0.394 e. The molecule has 2 aromatic carbocycles. The van der Waals surface area contributed by atoms with Gasteiger partial charge in [-0.25, -0.2) is 0 Å². The Hall–Kier alpha value is -3.10. The quantitative estimate of drug-likeness (QED) is 0.293. The van der Waals surface area contributed by atoms with Crippen LogP contribution in [0.3, 0.4) is 0 Å². The number of carbonyl (C=O) groups excluding carboxylic acids is 3. The zero-order chi connectivity index (χ0) is 31.8. The van der Waals surface area contributed by atoms with Crippen LogP contribution in [0.25, 0.3) is 10.8 Å². The van der Waals surface area contributed by atoms with E-state index in [-0.39, 0.29) is 36.8 Å². The van der Waals surface area contributed by atoms with E-state index >= 15 is 4.79 Å². The highest BCUT2D eigenvalue weighted by Crippen LogP contribution is 2.72. The lowest BCUT2D eigenvalue weighted by Crippen LogP contribution is -2.58. The molecule has 0 aliphatic carbocycles. The molecule has 3 aliphatic heterocycles. The minimum atomic E-state index is -0.818. The molecule has 3 aliphatic rings. The van der Waals surface area contributed by atoms with Crippen molar-refractivity contribution in [3.63, 3.8) is 0 Å². The molecule has 7 atom stereocenters. The van der Waals surface area contributed by atoms with Crippen LogP contribution in [0.1, 0.15) is 53.4 Å². The molecule has 1 spiro atoms. The number of aliphatic hydroxyl groups excluding tert-OH is 1. The number of amides is 3. The first-order valence-electron chi connectivity index (χ1n) is 16.1. The van der Waals surface area contributed by atoms with Crippen LogP contribution in [0.5, 0.6) is 0 Å². The van der Waals surface area contributed by atoms with Crippen molar-refractivity contribution in [3.05, 3.63) is 67.8 Å². The van der Waals surface area contributed by atoms with Gasteiger partial charge in [0, 0.05) is 30.1 Å². The predicted molar refractivity (Wildman–Crippen MR) is 179 cm³/mol. The van der Waals surface area contributed by atoms with Crippen LogP contribution in [0, 0.1) is 17.8 Å². The Balaban J connectivity index is 1.64. The van der Waals surface area contributed by atoms with Crippen LogP contribution >= 0.6 is 11.8 Å². The number of carbonyl (C=O) groups is 3. The van der Waals surface area contributed by atoms with Crippen molar-refractivity contribution in [2.24, 2.45) is 17.8 Å². The van der Waals surface area contributed by atoms with Gasteiger partial charge in [-0.1, -0.05) is 69.7 Å². The maximum atomic E-state index is 15.1. The molecule has 7 nitrogen and oxygen atoms in total. The number of aliphatic hydroxyl groups is 1. The van der Waals surface area contributed by atoms with Crippen LogP contribution < -0.4 is 4.90 Å². The summed E-state index contributed by atoms with van der Waals surface area (Å²) in [6.45, 7) is 17.1. The van der Waals surface area contributed by atoms with Gasteiger partial charge >= 0.3 is 0 Å². The number of likely N-dealkylation sites (tertiary alicyclic amines) is 1. The number of benzene rings is 2. The molecule has 2 unspecified atom stereocenters. The number of thioether (sulfide) groups is 1. The third-order valence-corrected chi connectivity index (χ3v) is 12.3. The summed E-state index contributed by atoms with van der Waals surface area (Å²) in [5.74, 6) is -1.62. The van der Waals surface area contributed by atoms with E-state index in [1.54, 1.807) is 33.7 Å². The number of fused-ring (bicyclic) bond motifs is 2. The molecule has 0 aromatic heterocycles. The topological polar surface area (TPSA) is 81.2 Å². The lowest BCUT2D eigenvalue weighted by atomic mass is 9.66. The first kappa shape index (κ1) is 32.3. The Morgan fingerprint density at radius 1 is 1.09 bits per heavy atom. The molecular formula is C36H47N3O4S. The summed E-state index contributed by atoms with van der Waals surface area (Å²) in [5, 5.41) is 12.8.